The summed E-state index contributed by atoms with van der Waals surface area (Å²) in [5.74, 6) is 0.731. The number of anilines is 2. The van der Waals surface area contributed by atoms with Crippen molar-refractivity contribution in [2.75, 3.05) is 4.90 Å². The van der Waals surface area contributed by atoms with Crippen LogP contribution in [0.2, 0.25) is 0 Å². The smallest absolute Gasteiger partial charge is 0.0544 e. The summed E-state index contributed by atoms with van der Waals surface area (Å²) in [7, 11) is 0. The molecule has 3 unspecified atom stereocenters. The Bertz CT molecular complexity index is 3330. The van der Waals surface area contributed by atoms with E-state index in [0.29, 0.717) is 11.8 Å². The molecule has 2 nitrogen and oxygen atoms in total. The van der Waals surface area contributed by atoms with E-state index in [-0.39, 0.29) is 6.04 Å². The molecule has 320 valence electrons. The Kier molecular flexibility index (Phi) is 10.6. The second kappa shape index (κ2) is 17.5. The minimum atomic E-state index is 0.212. The van der Waals surface area contributed by atoms with Gasteiger partial charge in [0.05, 0.1) is 17.1 Å². The molecular weight excluding hydrogens is 797 g/mol. The van der Waals surface area contributed by atoms with Crippen molar-refractivity contribution < 1.29 is 0 Å². The van der Waals surface area contributed by atoms with Gasteiger partial charge in [0.25, 0.3) is 0 Å². The largest absolute Gasteiger partial charge is 0.335 e. The van der Waals surface area contributed by atoms with Gasteiger partial charge in [0.15, 0.2) is 0 Å². The van der Waals surface area contributed by atoms with Crippen LogP contribution in [0.15, 0.2) is 241 Å². The Hall–Kier alpha value is -7.42. The van der Waals surface area contributed by atoms with Crippen LogP contribution in [-0.2, 0) is 0 Å². The summed E-state index contributed by atoms with van der Waals surface area (Å²) >= 11 is 0. The van der Waals surface area contributed by atoms with Crippen LogP contribution in [0.5, 0.6) is 0 Å². The SMILES string of the molecule is C1=CCC(c2cc(-c3ccccc3)cc(N(c3ccc(-c4ccccc4)cc3)C3C=CC(C4=CCCC=C4C4=CC=C(n5c6ccccc6c6c7ccccc7ccc65)CC4)CC3)c2)C=C1. The summed E-state index contributed by atoms with van der Waals surface area (Å²) in [4.78, 5) is 2.62. The minimum Gasteiger partial charge on any atom is -0.335 e. The number of hydrogen-bond acceptors (Lipinski definition) is 1. The lowest BCUT2D eigenvalue weighted by Gasteiger charge is -2.37. The van der Waals surface area contributed by atoms with E-state index < -0.39 is 0 Å². The van der Waals surface area contributed by atoms with Gasteiger partial charge in [-0.15, -0.1) is 0 Å². The molecule has 0 saturated carbocycles. The summed E-state index contributed by atoms with van der Waals surface area (Å²) in [5, 5.41) is 5.30. The average molecular weight is 851 g/mol. The number of hydrogen-bond donors (Lipinski definition) is 0. The van der Waals surface area contributed by atoms with Crippen molar-refractivity contribution in [3.05, 3.63) is 247 Å². The normalized spacial score (nSPS) is 19.4. The predicted molar refractivity (Wildman–Crippen MR) is 281 cm³/mol. The van der Waals surface area contributed by atoms with Crippen molar-refractivity contribution in [3.8, 4) is 22.3 Å². The highest BCUT2D eigenvalue weighted by molar-refractivity contribution is 6.21. The summed E-state index contributed by atoms with van der Waals surface area (Å²) in [6.07, 6.45) is 31.5. The van der Waals surface area contributed by atoms with Gasteiger partial charge in [-0.3, -0.25) is 0 Å². The second-order valence-electron chi connectivity index (χ2n) is 18.5. The quantitative estimate of drug-likeness (QED) is 0.131. The first-order valence-electron chi connectivity index (χ1n) is 24.1. The number of rotatable bonds is 9. The fraction of sp³-hybridized carbons (Fsp3) is 0.156. The zero-order chi connectivity index (χ0) is 43.8. The first kappa shape index (κ1) is 40.1. The molecule has 12 rings (SSSR count). The molecule has 4 aliphatic rings. The molecule has 0 aliphatic heterocycles. The Morgan fingerprint density at radius 2 is 1.24 bits per heavy atom. The fourth-order valence-electron chi connectivity index (χ4n) is 11.3. The molecule has 1 heterocycles. The van der Waals surface area contributed by atoms with Crippen LogP contribution < -0.4 is 4.90 Å². The van der Waals surface area contributed by atoms with Crippen LogP contribution in [-0.4, -0.2) is 10.6 Å². The van der Waals surface area contributed by atoms with Gasteiger partial charge in [0.2, 0.25) is 0 Å². The Morgan fingerprint density at radius 3 is 2.00 bits per heavy atom. The van der Waals surface area contributed by atoms with Crippen molar-refractivity contribution >= 4 is 49.7 Å². The molecule has 2 heteroatoms. The predicted octanol–water partition coefficient (Wildman–Crippen LogP) is 17.3. The topological polar surface area (TPSA) is 8.17 Å². The third-order valence-corrected chi connectivity index (χ3v) is 14.6. The highest BCUT2D eigenvalue weighted by Gasteiger charge is 2.29. The summed E-state index contributed by atoms with van der Waals surface area (Å²) in [5.41, 5.74) is 17.3. The molecular formula is C64H54N2. The molecule has 0 saturated heterocycles. The molecule has 8 aromatic rings. The molecule has 0 amide bonds. The lowest BCUT2D eigenvalue weighted by Crippen LogP contribution is -2.32. The van der Waals surface area contributed by atoms with Crippen LogP contribution >= 0.6 is 0 Å². The molecule has 7 aromatic carbocycles. The Labute approximate surface area is 389 Å². The van der Waals surface area contributed by atoms with Crippen LogP contribution in [0.1, 0.15) is 56.4 Å². The lowest BCUT2D eigenvalue weighted by atomic mass is 9.77. The molecule has 1 aromatic heterocycles. The maximum atomic E-state index is 2.62. The van der Waals surface area contributed by atoms with E-state index in [0.717, 1.165) is 44.9 Å². The molecule has 0 N–H and O–H groups in total. The maximum absolute atomic E-state index is 2.62. The van der Waals surface area contributed by atoms with Gasteiger partial charge in [0.1, 0.15) is 0 Å². The molecule has 4 aliphatic carbocycles. The lowest BCUT2D eigenvalue weighted by molar-refractivity contribution is 0.552. The van der Waals surface area contributed by atoms with Crippen LogP contribution in [0.25, 0.3) is 60.5 Å². The number of para-hydroxylation sites is 1. The summed E-state index contributed by atoms with van der Waals surface area (Å²) in [6.45, 7) is 0. The average Bonchev–Trinajstić information content (AvgIpc) is 3.75. The van der Waals surface area contributed by atoms with E-state index in [1.54, 1.807) is 0 Å². The maximum Gasteiger partial charge on any atom is 0.0544 e. The highest BCUT2D eigenvalue weighted by atomic mass is 15.2. The van der Waals surface area contributed by atoms with Gasteiger partial charge in [-0.25, -0.2) is 0 Å². The Morgan fingerprint density at radius 1 is 0.500 bits per heavy atom. The van der Waals surface area contributed by atoms with Gasteiger partial charge >= 0.3 is 0 Å². The monoisotopic (exact) mass is 850 g/mol. The van der Waals surface area contributed by atoms with Crippen LogP contribution in [0.4, 0.5) is 11.4 Å². The molecule has 0 radical (unpaired) electrons. The van der Waals surface area contributed by atoms with E-state index in [9.17, 15) is 0 Å². The standard InChI is InChI=1S/C64H54N2/c1-4-16-45(17-5-1)48-28-35-54(36-29-48)65(57-43-52(46-18-6-2-7-19-46)42-53(44-57)47-20-8-3-9-21-47)55-37-30-50(31-38-55)58-23-12-13-24-59(58)51-32-39-56(40-33-51)66-62-27-15-14-26-61(62)64-60-25-11-10-22-49(60)34-41-63(64)66/h1-11,14-20,22-30,32,34-37,39,41-44,47,50,55H,12-13,21,31,33,38,40H2. The second-order valence-corrected chi connectivity index (χ2v) is 18.5. The number of aromatic nitrogens is 1. The van der Waals surface area contributed by atoms with Crippen LogP contribution in [0.3, 0.4) is 0 Å². The number of nitrogens with zero attached hydrogens (tertiary/aromatic N) is 2. The van der Waals surface area contributed by atoms with Crippen LogP contribution in [0, 0.1) is 5.92 Å². The number of benzene rings is 7. The third-order valence-electron chi connectivity index (χ3n) is 14.6. The van der Waals surface area contributed by atoms with Gasteiger partial charge in [-0.1, -0.05) is 182 Å². The molecule has 0 spiro atoms. The molecule has 0 fully saturated rings. The number of fused-ring (bicyclic) bond motifs is 5. The van der Waals surface area contributed by atoms with Gasteiger partial charge in [-0.05, 0) is 143 Å². The van der Waals surface area contributed by atoms with Crippen molar-refractivity contribution in [1.29, 1.82) is 0 Å². The Balaban J connectivity index is 0.875. The zero-order valence-electron chi connectivity index (χ0n) is 37.4. The summed E-state index contributed by atoms with van der Waals surface area (Å²) in [6, 6.07) is 60.9. The fourth-order valence-corrected chi connectivity index (χ4v) is 11.3. The molecule has 3 atom stereocenters. The van der Waals surface area contributed by atoms with E-state index in [1.807, 2.05) is 0 Å². The first-order valence-corrected chi connectivity index (χ1v) is 24.1. The van der Waals surface area contributed by atoms with Crippen molar-refractivity contribution in [3.63, 3.8) is 0 Å². The van der Waals surface area contributed by atoms with Crippen molar-refractivity contribution in [1.82, 2.24) is 4.57 Å². The highest BCUT2D eigenvalue weighted by Crippen LogP contribution is 2.45. The van der Waals surface area contributed by atoms with Gasteiger partial charge in [0, 0.05) is 39.7 Å². The van der Waals surface area contributed by atoms with E-state index >= 15 is 0 Å². The summed E-state index contributed by atoms with van der Waals surface area (Å²) < 4.78 is 2.53. The van der Waals surface area contributed by atoms with Gasteiger partial charge < -0.3 is 9.47 Å². The molecule has 66 heavy (non-hydrogen) atoms. The van der Waals surface area contributed by atoms with Crippen molar-refractivity contribution in [2.24, 2.45) is 5.92 Å². The third kappa shape index (κ3) is 7.51. The minimum absolute atomic E-state index is 0.212. The molecule has 0 bridgehead atoms. The van der Waals surface area contributed by atoms with E-state index in [2.05, 4.69) is 234 Å². The first-order chi connectivity index (χ1) is 32.7. The van der Waals surface area contributed by atoms with E-state index in [4.69, 9.17) is 0 Å². The number of allylic oxidation sites excluding steroid dienone is 13. The zero-order valence-corrected chi connectivity index (χ0v) is 37.4. The van der Waals surface area contributed by atoms with E-state index in [1.165, 1.54) is 94.2 Å². The van der Waals surface area contributed by atoms with Crippen molar-refractivity contribution in [2.45, 2.75) is 56.9 Å². The van der Waals surface area contributed by atoms with Gasteiger partial charge in [-0.2, -0.15) is 0 Å².